The van der Waals surface area contributed by atoms with Crippen LogP contribution in [0.25, 0.3) is 11.2 Å². The summed E-state index contributed by atoms with van der Waals surface area (Å²) in [4.78, 5) is 35.0. The number of aliphatic imine (C=N–C) groups is 1. The zero-order valence-electron chi connectivity index (χ0n) is 15.1. The summed E-state index contributed by atoms with van der Waals surface area (Å²) < 4.78 is 4.27. The molecule has 0 fully saturated rings. The molecule has 2 aromatic heterocycles. The Balaban J connectivity index is 1.81. The number of benzene rings is 1. The molecule has 0 spiro atoms. The number of hydrogen-bond acceptors (Lipinski definition) is 5. The lowest BCUT2D eigenvalue weighted by Gasteiger charge is -2.29. The maximum Gasteiger partial charge on any atom is 0.332 e. The molecule has 7 nitrogen and oxygen atoms in total. The molecule has 0 N–H and O–H groups in total. The van der Waals surface area contributed by atoms with Crippen LogP contribution < -0.4 is 11.2 Å². The highest BCUT2D eigenvalue weighted by Crippen LogP contribution is 2.39. The van der Waals surface area contributed by atoms with Gasteiger partial charge in [0.1, 0.15) is 0 Å². The van der Waals surface area contributed by atoms with Gasteiger partial charge in [0.15, 0.2) is 11.2 Å². The molecule has 0 atom stereocenters. The Bertz CT molecular complexity index is 1180. The lowest BCUT2D eigenvalue weighted by Crippen LogP contribution is -2.37. The molecule has 0 radical (unpaired) electrons. The number of nitrogens with zero attached hydrogens (tertiary/aromatic N) is 5. The molecule has 0 unspecified atom stereocenters. The van der Waals surface area contributed by atoms with Gasteiger partial charge in [0.05, 0.1) is 23.5 Å². The van der Waals surface area contributed by atoms with Gasteiger partial charge in [-0.15, -0.1) is 0 Å². The first-order chi connectivity index (χ1) is 12.3. The van der Waals surface area contributed by atoms with Crippen LogP contribution in [0.15, 0.2) is 50.1 Å². The Morgan fingerprint density at radius 2 is 1.85 bits per heavy atom. The average molecular weight is 369 g/mol. The van der Waals surface area contributed by atoms with Crippen molar-refractivity contribution < 1.29 is 0 Å². The van der Waals surface area contributed by atoms with E-state index in [1.165, 1.54) is 22.1 Å². The molecule has 0 saturated heterocycles. The number of rotatable bonds is 2. The van der Waals surface area contributed by atoms with Crippen molar-refractivity contribution in [2.45, 2.75) is 30.8 Å². The summed E-state index contributed by atoms with van der Waals surface area (Å²) in [7, 11) is 3.10. The minimum Gasteiger partial charge on any atom is -0.318 e. The Hall–Kier alpha value is -2.61. The van der Waals surface area contributed by atoms with E-state index in [9.17, 15) is 9.59 Å². The zero-order valence-corrected chi connectivity index (χ0v) is 15.9. The van der Waals surface area contributed by atoms with Gasteiger partial charge in [0.25, 0.3) is 5.56 Å². The Morgan fingerprint density at radius 1 is 1.12 bits per heavy atom. The fraction of sp³-hybridized carbons (Fsp3) is 0.333. The molecule has 0 saturated carbocycles. The van der Waals surface area contributed by atoms with E-state index in [0.717, 1.165) is 9.61 Å². The fourth-order valence-electron chi connectivity index (χ4n) is 3.31. The van der Waals surface area contributed by atoms with E-state index in [4.69, 9.17) is 4.99 Å². The molecule has 4 rings (SSSR count). The van der Waals surface area contributed by atoms with Crippen LogP contribution in [0.1, 0.15) is 19.4 Å². The number of aromatic nitrogens is 4. The van der Waals surface area contributed by atoms with Gasteiger partial charge in [-0.25, -0.2) is 9.78 Å². The van der Waals surface area contributed by atoms with E-state index >= 15 is 0 Å². The highest BCUT2D eigenvalue weighted by atomic mass is 32.2. The maximum absolute atomic E-state index is 12.6. The molecule has 1 aliphatic heterocycles. The Labute approximate surface area is 154 Å². The summed E-state index contributed by atoms with van der Waals surface area (Å²) in [5, 5.41) is 0.906. The van der Waals surface area contributed by atoms with Gasteiger partial charge >= 0.3 is 5.69 Å². The molecule has 0 bridgehead atoms. The number of imidazole rings is 1. The van der Waals surface area contributed by atoms with Crippen molar-refractivity contribution in [2.75, 3.05) is 0 Å². The third kappa shape index (κ3) is 2.44. The first-order valence-corrected chi connectivity index (χ1v) is 9.08. The van der Waals surface area contributed by atoms with Crippen LogP contribution in [0.4, 0.5) is 0 Å². The predicted molar refractivity (Wildman–Crippen MR) is 103 cm³/mol. The molecule has 134 valence electrons. The number of hydrogen-bond donors (Lipinski definition) is 0. The second-order valence-electron chi connectivity index (χ2n) is 6.91. The van der Waals surface area contributed by atoms with Crippen LogP contribution in [0, 0.1) is 0 Å². The van der Waals surface area contributed by atoms with Crippen molar-refractivity contribution in [3.63, 3.8) is 0 Å². The third-order valence-corrected chi connectivity index (χ3v) is 5.73. The summed E-state index contributed by atoms with van der Waals surface area (Å²) in [6.45, 7) is 4.60. The highest BCUT2D eigenvalue weighted by molar-refractivity contribution is 8.14. The normalized spacial score (nSPS) is 15.8. The first-order valence-electron chi connectivity index (χ1n) is 8.26. The monoisotopic (exact) mass is 369 g/mol. The first kappa shape index (κ1) is 16.8. The second kappa shape index (κ2) is 5.70. The van der Waals surface area contributed by atoms with Crippen molar-refractivity contribution in [1.82, 2.24) is 18.7 Å². The summed E-state index contributed by atoms with van der Waals surface area (Å²) in [5.41, 5.74) is 0.941. The van der Waals surface area contributed by atoms with Crippen LogP contribution in [0.5, 0.6) is 0 Å². The largest absolute Gasteiger partial charge is 0.332 e. The lowest BCUT2D eigenvalue weighted by molar-refractivity contribution is 0.543. The molecule has 0 aliphatic carbocycles. The number of fused-ring (bicyclic) bond motifs is 2. The topological polar surface area (TPSA) is 74.2 Å². The minimum absolute atomic E-state index is 0.328. The van der Waals surface area contributed by atoms with Crippen molar-refractivity contribution in [2.24, 2.45) is 19.1 Å². The number of thioether (sulfide) groups is 1. The van der Waals surface area contributed by atoms with E-state index in [1.54, 1.807) is 29.7 Å². The molecule has 26 heavy (non-hydrogen) atoms. The maximum atomic E-state index is 12.6. The zero-order chi connectivity index (χ0) is 18.6. The summed E-state index contributed by atoms with van der Waals surface area (Å²) in [6.07, 6.45) is 1.60. The average Bonchev–Trinajstić information content (AvgIpc) is 3.01. The van der Waals surface area contributed by atoms with Crippen LogP contribution in [0.2, 0.25) is 0 Å². The Morgan fingerprint density at radius 3 is 2.62 bits per heavy atom. The van der Waals surface area contributed by atoms with Crippen molar-refractivity contribution in [3.05, 3.63) is 57.0 Å². The molecule has 1 aliphatic rings. The second-order valence-corrected chi connectivity index (χ2v) is 8.03. The lowest BCUT2D eigenvalue weighted by atomic mass is 9.95. The van der Waals surface area contributed by atoms with Gasteiger partial charge in [0.2, 0.25) is 0 Å². The molecular weight excluding hydrogens is 350 g/mol. The SMILES string of the molecule is Cn1c(=O)c2c(ncn2CC2=NC(C)(C)c3ccccc3S2)n(C)c1=O. The van der Waals surface area contributed by atoms with Crippen molar-refractivity contribution >= 4 is 28.0 Å². The fourth-order valence-corrected chi connectivity index (χ4v) is 4.62. The van der Waals surface area contributed by atoms with Crippen molar-refractivity contribution in [3.8, 4) is 0 Å². The van der Waals surface area contributed by atoms with Gasteiger partial charge in [-0.05, 0) is 25.5 Å². The Kier molecular flexibility index (Phi) is 3.69. The van der Waals surface area contributed by atoms with E-state index in [-0.39, 0.29) is 16.8 Å². The van der Waals surface area contributed by atoms with Crippen LogP contribution in [-0.2, 0) is 26.2 Å². The third-order valence-electron chi connectivity index (χ3n) is 4.70. The number of aryl methyl sites for hydroxylation is 1. The van der Waals surface area contributed by atoms with E-state index in [2.05, 4.69) is 31.0 Å². The van der Waals surface area contributed by atoms with Crippen LogP contribution >= 0.6 is 11.8 Å². The van der Waals surface area contributed by atoms with E-state index < -0.39 is 0 Å². The predicted octanol–water partition coefficient (Wildman–Crippen LogP) is 1.87. The van der Waals surface area contributed by atoms with Crippen molar-refractivity contribution in [1.29, 1.82) is 0 Å². The van der Waals surface area contributed by atoms with Gasteiger partial charge in [-0.2, -0.15) is 0 Å². The summed E-state index contributed by atoms with van der Waals surface area (Å²) in [5.74, 6) is 0. The smallest absolute Gasteiger partial charge is 0.318 e. The van der Waals surface area contributed by atoms with Crippen LogP contribution in [0.3, 0.4) is 0 Å². The molecule has 0 amide bonds. The summed E-state index contributed by atoms with van der Waals surface area (Å²) >= 11 is 1.61. The molecule has 1 aromatic carbocycles. The molecule has 3 heterocycles. The molecule has 8 heteroatoms. The summed E-state index contributed by atoms with van der Waals surface area (Å²) in [6, 6.07) is 8.23. The van der Waals surface area contributed by atoms with E-state index in [0.29, 0.717) is 17.7 Å². The van der Waals surface area contributed by atoms with Crippen LogP contribution in [-0.4, -0.2) is 23.7 Å². The van der Waals surface area contributed by atoms with Gasteiger partial charge in [-0.1, -0.05) is 30.0 Å². The van der Waals surface area contributed by atoms with E-state index in [1.807, 2.05) is 12.1 Å². The standard InChI is InChI=1S/C18H19N5O2S/c1-18(2)11-7-5-6-8-12(11)26-13(20-18)9-23-10-19-15-14(23)16(24)22(4)17(25)21(15)3/h5-8,10H,9H2,1-4H3. The minimum atomic E-state index is -0.382. The van der Waals surface area contributed by atoms with Gasteiger partial charge < -0.3 is 4.57 Å². The quantitative estimate of drug-likeness (QED) is 0.691. The molecule has 3 aromatic rings. The highest BCUT2D eigenvalue weighted by Gasteiger charge is 2.29. The molecular formula is C18H19N5O2S. The van der Waals surface area contributed by atoms with Gasteiger partial charge in [0, 0.05) is 19.0 Å². The van der Waals surface area contributed by atoms with Gasteiger partial charge in [-0.3, -0.25) is 18.9 Å².